The zero-order valence-electron chi connectivity index (χ0n) is 11.2. The highest BCUT2D eigenvalue weighted by atomic mass is 127. The van der Waals surface area contributed by atoms with Crippen LogP contribution in [0, 0.1) is 3.57 Å². The van der Waals surface area contributed by atoms with E-state index in [2.05, 4.69) is 33.1 Å². The minimum absolute atomic E-state index is 0.0189. The number of ether oxygens (including phenoxy) is 1. The van der Waals surface area contributed by atoms with Crippen molar-refractivity contribution in [2.75, 3.05) is 7.11 Å². The summed E-state index contributed by atoms with van der Waals surface area (Å²) in [4.78, 5) is 11.9. The summed E-state index contributed by atoms with van der Waals surface area (Å²) in [6, 6.07) is 12.0. The largest absolute Gasteiger partial charge is 0.504 e. The van der Waals surface area contributed by atoms with Crippen LogP contribution >= 0.6 is 22.6 Å². The average Bonchev–Trinajstić information content (AvgIpc) is 2.47. The highest BCUT2D eigenvalue weighted by Crippen LogP contribution is 2.25. The quantitative estimate of drug-likeness (QED) is 0.475. The van der Waals surface area contributed by atoms with Crippen molar-refractivity contribution in [3.05, 3.63) is 57.2 Å². The van der Waals surface area contributed by atoms with Crippen LogP contribution in [-0.2, 0) is 0 Å². The molecule has 0 aliphatic carbocycles. The average molecular weight is 396 g/mol. The summed E-state index contributed by atoms with van der Waals surface area (Å²) >= 11 is 2.14. The van der Waals surface area contributed by atoms with Crippen LogP contribution in [-0.4, -0.2) is 24.3 Å². The standard InChI is InChI=1S/C15H13IN2O3/c1-21-14-6-5-10(7-13(14)19)9-17-18-15(20)11-3-2-4-12(16)8-11/h2-9,19H,1H3,(H,18,20)/b17-9-. The first-order valence-corrected chi connectivity index (χ1v) is 7.14. The van der Waals surface area contributed by atoms with E-state index < -0.39 is 0 Å². The van der Waals surface area contributed by atoms with Gasteiger partial charge in [-0.05, 0) is 64.6 Å². The molecule has 0 bridgehead atoms. The van der Waals surface area contributed by atoms with Crippen LogP contribution in [0.2, 0.25) is 0 Å². The van der Waals surface area contributed by atoms with Gasteiger partial charge in [0, 0.05) is 9.13 Å². The van der Waals surface area contributed by atoms with Gasteiger partial charge < -0.3 is 9.84 Å². The molecule has 2 N–H and O–H groups in total. The van der Waals surface area contributed by atoms with E-state index in [0.717, 1.165) is 3.57 Å². The van der Waals surface area contributed by atoms with E-state index in [-0.39, 0.29) is 11.7 Å². The van der Waals surface area contributed by atoms with Gasteiger partial charge in [-0.3, -0.25) is 4.79 Å². The number of carbonyl (C=O) groups is 1. The van der Waals surface area contributed by atoms with Crippen molar-refractivity contribution in [2.45, 2.75) is 0 Å². The van der Waals surface area contributed by atoms with Crippen LogP contribution in [0.3, 0.4) is 0 Å². The molecule has 0 heterocycles. The first-order chi connectivity index (χ1) is 10.1. The van der Waals surface area contributed by atoms with E-state index in [1.54, 1.807) is 24.3 Å². The Hall–Kier alpha value is -2.09. The van der Waals surface area contributed by atoms with Gasteiger partial charge in [-0.1, -0.05) is 6.07 Å². The Bertz CT molecular complexity index is 686. The van der Waals surface area contributed by atoms with E-state index in [0.29, 0.717) is 16.9 Å². The van der Waals surface area contributed by atoms with Gasteiger partial charge in [0.1, 0.15) is 0 Å². The van der Waals surface area contributed by atoms with E-state index in [1.807, 2.05) is 12.1 Å². The van der Waals surface area contributed by atoms with Crippen molar-refractivity contribution < 1.29 is 14.6 Å². The van der Waals surface area contributed by atoms with E-state index in [1.165, 1.54) is 19.4 Å². The molecule has 0 aliphatic heterocycles. The van der Waals surface area contributed by atoms with Crippen molar-refractivity contribution >= 4 is 34.7 Å². The molecule has 21 heavy (non-hydrogen) atoms. The van der Waals surface area contributed by atoms with Crippen LogP contribution in [0.15, 0.2) is 47.6 Å². The van der Waals surface area contributed by atoms with E-state index in [9.17, 15) is 9.90 Å². The molecule has 108 valence electrons. The number of hydrogen-bond donors (Lipinski definition) is 2. The molecule has 0 aromatic heterocycles. The minimum atomic E-state index is -0.289. The van der Waals surface area contributed by atoms with Crippen LogP contribution in [0.5, 0.6) is 11.5 Å². The maximum absolute atomic E-state index is 11.9. The maximum atomic E-state index is 11.9. The number of hydrogen-bond acceptors (Lipinski definition) is 4. The zero-order valence-corrected chi connectivity index (χ0v) is 13.4. The number of benzene rings is 2. The molecule has 2 aromatic rings. The fraction of sp³-hybridized carbons (Fsp3) is 0.0667. The Morgan fingerprint density at radius 1 is 1.33 bits per heavy atom. The monoisotopic (exact) mass is 396 g/mol. The number of amides is 1. The summed E-state index contributed by atoms with van der Waals surface area (Å²) in [5, 5.41) is 13.5. The lowest BCUT2D eigenvalue weighted by Crippen LogP contribution is -2.17. The normalized spacial score (nSPS) is 10.6. The number of carbonyl (C=O) groups excluding carboxylic acids is 1. The van der Waals surface area contributed by atoms with Crippen molar-refractivity contribution in [1.29, 1.82) is 0 Å². The topological polar surface area (TPSA) is 70.9 Å². The highest BCUT2D eigenvalue weighted by molar-refractivity contribution is 14.1. The smallest absolute Gasteiger partial charge is 0.271 e. The molecule has 0 fully saturated rings. The molecule has 0 aliphatic rings. The molecule has 5 nitrogen and oxygen atoms in total. The molecule has 2 aromatic carbocycles. The third kappa shape index (κ3) is 4.19. The number of phenols is 1. The van der Waals surface area contributed by atoms with E-state index in [4.69, 9.17) is 4.74 Å². The lowest BCUT2D eigenvalue weighted by molar-refractivity contribution is 0.0955. The molecular formula is C15H13IN2O3. The molecule has 1 amide bonds. The maximum Gasteiger partial charge on any atom is 0.271 e. The van der Waals surface area contributed by atoms with Gasteiger partial charge in [0.05, 0.1) is 13.3 Å². The Kier molecular flexibility index (Phi) is 5.15. The van der Waals surface area contributed by atoms with Gasteiger partial charge in [-0.15, -0.1) is 0 Å². The van der Waals surface area contributed by atoms with Gasteiger partial charge in [-0.25, -0.2) is 5.43 Å². The van der Waals surface area contributed by atoms with Crippen molar-refractivity contribution in [3.63, 3.8) is 0 Å². The number of nitrogens with zero attached hydrogens (tertiary/aromatic N) is 1. The van der Waals surface area contributed by atoms with Crippen LogP contribution in [0.4, 0.5) is 0 Å². The third-order valence-electron chi connectivity index (χ3n) is 2.67. The van der Waals surface area contributed by atoms with Gasteiger partial charge in [0.25, 0.3) is 5.91 Å². The van der Waals surface area contributed by atoms with Crippen molar-refractivity contribution in [3.8, 4) is 11.5 Å². The SMILES string of the molecule is COc1ccc(/C=N\NC(=O)c2cccc(I)c2)cc1O. The number of nitrogens with one attached hydrogen (secondary N) is 1. The summed E-state index contributed by atoms with van der Waals surface area (Å²) < 4.78 is 5.92. The second kappa shape index (κ2) is 7.07. The number of methoxy groups -OCH3 is 1. The molecule has 0 saturated heterocycles. The molecule has 6 heteroatoms. The molecule has 0 saturated carbocycles. The number of rotatable bonds is 4. The predicted octanol–water partition coefficient (Wildman–Crippen LogP) is 2.77. The lowest BCUT2D eigenvalue weighted by Gasteiger charge is -2.03. The molecule has 0 spiro atoms. The number of halogens is 1. The molecule has 0 radical (unpaired) electrons. The Morgan fingerprint density at radius 3 is 2.81 bits per heavy atom. The summed E-state index contributed by atoms with van der Waals surface area (Å²) in [5.41, 5.74) is 3.62. The molecular weight excluding hydrogens is 383 g/mol. The lowest BCUT2D eigenvalue weighted by atomic mass is 10.2. The van der Waals surface area contributed by atoms with Crippen molar-refractivity contribution in [2.24, 2.45) is 5.10 Å². The number of aromatic hydroxyl groups is 1. The molecule has 0 atom stereocenters. The summed E-state index contributed by atoms with van der Waals surface area (Å²) in [6.45, 7) is 0. The highest BCUT2D eigenvalue weighted by Gasteiger charge is 2.04. The first kappa shape index (κ1) is 15.3. The van der Waals surface area contributed by atoms with Crippen LogP contribution in [0.1, 0.15) is 15.9 Å². The minimum Gasteiger partial charge on any atom is -0.504 e. The van der Waals surface area contributed by atoms with Crippen LogP contribution in [0.25, 0.3) is 0 Å². The number of hydrazone groups is 1. The Labute approximate surface area is 135 Å². The van der Waals surface area contributed by atoms with Gasteiger partial charge in [0.2, 0.25) is 0 Å². The van der Waals surface area contributed by atoms with Crippen LogP contribution < -0.4 is 10.2 Å². The predicted molar refractivity (Wildman–Crippen MR) is 88.9 cm³/mol. The fourth-order valence-corrected chi connectivity index (χ4v) is 2.19. The summed E-state index contributed by atoms with van der Waals surface area (Å²) in [6.07, 6.45) is 1.45. The summed E-state index contributed by atoms with van der Waals surface area (Å²) in [7, 11) is 1.48. The first-order valence-electron chi connectivity index (χ1n) is 6.06. The molecule has 0 unspecified atom stereocenters. The molecule has 2 rings (SSSR count). The second-order valence-electron chi connectivity index (χ2n) is 4.14. The Morgan fingerprint density at radius 2 is 2.14 bits per heavy atom. The van der Waals surface area contributed by atoms with Gasteiger partial charge >= 0.3 is 0 Å². The fourth-order valence-electron chi connectivity index (χ4n) is 1.65. The van der Waals surface area contributed by atoms with Crippen molar-refractivity contribution in [1.82, 2.24) is 5.43 Å². The Balaban J connectivity index is 2.02. The number of phenolic OH excluding ortho intramolecular Hbond substituents is 1. The van der Waals surface area contributed by atoms with Gasteiger partial charge in [0.15, 0.2) is 11.5 Å². The summed E-state index contributed by atoms with van der Waals surface area (Å²) in [5.74, 6) is 0.114. The van der Waals surface area contributed by atoms with Gasteiger partial charge in [-0.2, -0.15) is 5.10 Å². The second-order valence-corrected chi connectivity index (χ2v) is 5.39. The third-order valence-corrected chi connectivity index (χ3v) is 3.34. The zero-order chi connectivity index (χ0) is 15.2. The van der Waals surface area contributed by atoms with E-state index >= 15 is 0 Å².